The lowest BCUT2D eigenvalue weighted by molar-refractivity contribution is -0.134. The molecular formula is C18H21FN4O3. The topological polar surface area (TPSA) is 88.3 Å². The van der Waals surface area contributed by atoms with Crippen LogP contribution < -0.4 is 5.32 Å². The van der Waals surface area contributed by atoms with Crippen molar-refractivity contribution in [3.8, 4) is 11.4 Å². The number of halogens is 1. The molecule has 1 aromatic carbocycles. The van der Waals surface area contributed by atoms with E-state index in [2.05, 4.69) is 15.5 Å². The van der Waals surface area contributed by atoms with Crippen LogP contribution >= 0.6 is 0 Å². The van der Waals surface area contributed by atoms with Crippen LogP contribution in [0.4, 0.5) is 4.39 Å². The summed E-state index contributed by atoms with van der Waals surface area (Å²) in [5.74, 6) is 0.143. The Kier molecular flexibility index (Phi) is 5.60. The van der Waals surface area contributed by atoms with E-state index in [9.17, 15) is 14.0 Å². The van der Waals surface area contributed by atoms with Crippen LogP contribution in [-0.4, -0.2) is 46.5 Å². The zero-order valence-electron chi connectivity index (χ0n) is 14.6. The van der Waals surface area contributed by atoms with Gasteiger partial charge < -0.3 is 14.7 Å². The van der Waals surface area contributed by atoms with Gasteiger partial charge in [-0.25, -0.2) is 4.39 Å². The molecule has 1 saturated heterocycles. The Hall–Kier alpha value is -2.77. The average molecular weight is 360 g/mol. The molecule has 1 atom stereocenters. The van der Waals surface area contributed by atoms with Gasteiger partial charge in [0.15, 0.2) is 0 Å². The summed E-state index contributed by atoms with van der Waals surface area (Å²) in [5, 5.41) is 6.39. The van der Waals surface area contributed by atoms with Gasteiger partial charge in [0, 0.05) is 26.4 Å². The van der Waals surface area contributed by atoms with Gasteiger partial charge in [0.2, 0.25) is 23.5 Å². The fraction of sp³-hybridized carbons (Fsp3) is 0.444. The molecule has 1 N–H and O–H groups in total. The normalized spacial score (nSPS) is 17.2. The summed E-state index contributed by atoms with van der Waals surface area (Å²) in [4.78, 5) is 29.1. The molecule has 2 heterocycles. The predicted molar refractivity (Wildman–Crippen MR) is 91.4 cm³/mol. The second kappa shape index (κ2) is 8.07. The number of piperidine rings is 1. The third kappa shape index (κ3) is 4.44. The Morgan fingerprint density at radius 3 is 2.96 bits per heavy atom. The SMILES string of the molecule is CC(=O)NCC(=O)N1CCCC(Cc2nc(-c3ccccc3F)no2)C1. The van der Waals surface area contributed by atoms with E-state index in [0.717, 1.165) is 12.8 Å². The highest BCUT2D eigenvalue weighted by molar-refractivity contribution is 5.83. The summed E-state index contributed by atoms with van der Waals surface area (Å²) in [6.45, 7) is 2.66. The molecule has 0 spiro atoms. The summed E-state index contributed by atoms with van der Waals surface area (Å²) in [7, 11) is 0. The number of amides is 2. The van der Waals surface area contributed by atoms with Crippen LogP contribution in [0.1, 0.15) is 25.7 Å². The minimum Gasteiger partial charge on any atom is -0.347 e. The number of nitrogens with zero attached hydrogens (tertiary/aromatic N) is 3. The maximum absolute atomic E-state index is 13.8. The monoisotopic (exact) mass is 360 g/mol. The van der Waals surface area contributed by atoms with E-state index in [0.29, 0.717) is 31.0 Å². The lowest BCUT2D eigenvalue weighted by atomic mass is 9.94. The van der Waals surface area contributed by atoms with Crippen LogP contribution in [0.2, 0.25) is 0 Å². The van der Waals surface area contributed by atoms with Crippen molar-refractivity contribution in [1.82, 2.24) is 20.4 Å². The van der Waals surface area contributed by atoms with Crippen molar-refractivity contribution in [2.45, 2.75) is 26.2 Å². The largest absolute Gasteiger partial charge is 0.347 e. The number of nitrogens with one attached hydrogen (secondary N) is 1. The van der Waals surface area contributed by atoms with Crippen molar-refractivity contribution in [3.05, 3.63) is 36.0 Å². The highest BCUT2D eigenvalue weighted by Gasteiger charge is 2.25. The van der Waals surface area contributed by atoms with Crippen molar-refractivity contribution < 1.29 is 18.5 Å². The predicted octanol–water partition coefficient (Wildman–Crippen LogP) is 1.79. The molecule has 1 aliphatic rings. The number of likely N-dealkylation sites (tertiary alicyclic amines) is 1. The average Bonchev–Trinajstić information content (AvgIpc) is 3.08. The second-order valence-electron chi connectivity index (χ2n) is 6.45. The summed E-state index contributed by atoms with van der Waals surface area (Å²) in [6.07, 6.45) is 2.36. The van der Waals surface area contributed by atoms with Crippen molar-refractivity contribution in [2.75, 3.05) is 19.6 Å². The fourth-order valence-corrected chi connectivity index (χ4v) is 3.11. The second-order valence-corrected chi connectivity index (χ2v) is 6.45. The Morgan fingerprint density at radius 1 is 1.38 bits per heavy atom. The molecule has 1 fully saturated rings. The first-order valence-corrected chi connectivity index (χ1v) is 8.62. The van der Waals surface area contributed by atoms with Crippen molar-refractivity contribution in [1.29, 1.82) is 0 Å². The van der Waals surface area contributed by atoms with Gasteiger partial charge in [0.1, 0.15) is 5.82 Å². The van der Waals surface area contributed by atoms with Crippen LogP contribution in [0.25, 0.3) is 11.4 Å². The Balaban J connectivity index is 1.60. The summed E-state index contributed by atoms with van der Waals surface area (Å²) >= 11 is 0. The van der Waals surface area contributed by atoms with E-state index in [-0.39, 0.29) is 30.1 Å². The summed E-state index contributed by atoms with van der Waals surface area (Å²) in [5.41, 5.74) is 0.304. The van der Waals surface area contributed by atoms with Crippen LogP contribution in [0.5, 0.6) is 0 Å². The third-order valence-corrected chi connectivity index (χ3v) is 4.41. The lowest BCUT2D eigenvalue weighted by Crippen LogP contribution is -2.45. The van der Waals surface area contributed by atoms with Gasteiger partial charge in [-0.15, -0.1) is 0 Å². The molecule has 7 nitrogen and oxygen atoms in total. The highest BCUT2D eigenvalue weighted by atomic mass is 19.1. The van der Waals surface area contributed by atoms with Gasteiger partial charge in [-0.1, -0.05) is 17.3 Å². The van der Waals surface area contributed by atoms with Gasteiger partial charge in [-0.2, -0.15) is 4.98 Å². The molecule has 138 valence electrons. The van der Waals surface area contributed by atoms with E-state index in [4.69, 9.17) is 4.52 Å². The number of rotatable bonds is 5. The molecule has 3 rings (SSSR count). The van der Waals surface area contributed by atoms with Crippen LogP contribution in [0, 0.1) is 11.7 Å². The van der Waals surface area contributed by atoms with E-state index in [1.54, 1.807) is 23.1 Å². The molecule has 2 aromatic rings. The number of benzene rings is 1. The third-order valence-electron chi connectivity index (χ3n) is 4.41. The minimum absolute atomic E-state index is 0.0139. The molecule has 8 heteroatoms. The molecular weight excluding hydrogens is 339 g/mol. The Labute approximate surface area is 150 Å². The fourth-order valence-electron chi connectivity index (χ4n) is 3.11. The van der Waals surface area contributed by atoms with Crippen LogP contribution in [-0.2, 0) is 16.0 Å². The zero-order valence-corrected chi connectivity index (χ0v) is 14.6. The van der Waals surface area contributed by atoms with E-state index < -0.39 is 5.82 Å². The standard InChI is InChI=1S/C18H21FN4O3/c1-12(24)20-10-17(25)23-8-4-5-13(11-23)9-16-21-18(22-26-16)14-6-2-3-7-15(14)19/h2-3,6-7,13H,4-5,8-11H2,1H3,(H,20,24). The number of hydrogen-bond acceptors (Lipinski definition) is 5. The van der Waals surface area contributed by atoms with Crippen LogP contribution in [0.3, 0.4) is 0 Å². The van der Waals surface area contributed by atoms with Gasteiger partial charge >= 0.3 is 0 Å². The number of aromatic nitrogens is 2. The first-order valence-electron chi connectivity index (χ1n) is 8.62. The van der Waals surface area contributed by atoms with Crippen molar-refractivity contribution in [2.24, 2.45) is 5.92 Å². The Morgan fingerprint density at radius 2 is 2.19 bits per heavy atom. The first-order chi connectivity index (χ1) is 12.5. The van der Waals surface area contributed by atoms with Gasteiger partial charge in [-0.05, 0) is 30.9 Å². The molecule has 0 bridgehead atoms. The molecule has 26 heavy (non-hydrogen) atoms. The molecule has 0 saturated carbocycles. The quantitative estimate of drug-likeness (QED) is 0.878. The van der Waals surface area contributed by atoms with Gasteiger partial charge in [0.05, 0.1) is 12.1 Å². The maximum atomic E-state index is 13.8. The van der Waals surface area contributed by atoms with E-state index in [1.807, 2.05) is 0 Å². The van der Waals surface area contributed by atoms with Crippen LogP contribution in [0.15, 0.2) is 28.8 Å². The Bertz CT molecular complexity index is 792. The highest BCUT2D eigenvalue weighted by Crippen LogP contribution is 2.23. The molecule has 0 radical (unpaired) electrons. The molecule has 1 aromatic heterocycles. The molecule has 2 amide bonds. The van der Waals surface area contributed by atoms with Crippen molar-refractivity contribution >= 4 is 11.8 Å². The molecule has 1 unspecified atom stereocenters. The first kappa shape index (κ1) is 18.0. The molecule has 0 aliphatic carbocycles. The number of carbonyl (C=O) groups excluding carboxylic acids is 2. The summed E-state index contributed by atoms with van der Waals surface area (Å²) < 4.78 is 19.1. The van der Waals surface area contributed by atoms with Crippen molar-refractivity contribution in [3.63, 3.8) is 0 Å². The minimum atomic E-state index is -0.396. The lowest BCUT2D eigenvalue weighted by Gasteiger charge is -2.32. The zero-order chi connectivity index (χ0) is 18.5. The summed E-state index contributed by atoms with van der Waals surface area (Å²) in [6, 6.07) is 6.28. The number of carbonyl (C=O) groups is 2. The van der Waals surface area contributed by atoms with E-state index in [1.165, 1.54) is 13.0 Å². The number of hydrogen-bond donors (Lipinski definition) is 1. The van der Waals surface area contributed by atoms with E-state index >= 15 is 0 Å². The smallest absolute Gasteiger partial charge is 0.241 e. The van der Waals surface area contributed by atoms with Gasteiger partial charge in [0.25, 0.3) is 0 Å². The van der Waals surface area contributed by atoms with Gasteiger partial charge in [-0.3, -0.25) is 9.59 Å². The molecule has 1 aliphatic heterocycles. The maximum Gasteiger partial charge on any atom is 0.241 e.